The number of nitrogens with one attached hydrogen (secondary N) is 1. The summed E-state index contributed by atoms with van der Waals surface area (Å²) in [7, 11) is 0. The summed E-state index contributed by atoms with van der Waals surface area (Å²) in [6.07, 6.45) is 2.16. The zero-order valence-electron chi connectivity index (χ0n) is 15.4. The predicted octanol–water partition coefficient (Wildman–Crippen LogP) is 3.94. The van der Waals surface area contributed by atoms with Gasteiger partial charge in [-0.3, -0.25) is 9.78 Å². The molecule has 144 valence electrons. The monoisotopic (exact) mass is 404 g/mol. The number of anilines is 1. The van der Waals surface area contributed by atoms with Crippen LogP contribution in [0.15, 0.2) is 54.7 Å². The van der Waals surface area contributed by atoms with Gasteiger partial charge in [-0.15, -0.1) is 0 Å². The third-order valence-electron chi connectivity index (χ3n) is 4.39. The standard InChI is InChI=1S/C21H16N4O3S/c1-12-19(20(26)24-14-8-6-13(7-9-14)21(27)28)18(29-25-12)10-15-11-22-16-4-2-3-5-17(16)23-15/h2-9,11H,10H2,1H3,(H,24,26)(H,27,28). The van der Waals surface area contributed by atoms with Gasteiger partial charge >= 0.3 is 5.97 Å². The summed E-state index contributed by atoms with van der Waals surface area (Å²) in [5.41, 5.74) is 4.20. The van der Waals surface area contributed by atoms with E-state index >= 15 is 0 Å². The zero-order chi connectivity index (χ0) is 20.4. The van der Waals surface area contributed by atoms with Crippen molar-refractivity contribution in [2.45, 2.75) is 13.3 Å². The van der Waals surface area contributed by atoms with Gasteiger partial charge in [-0.1, -0.05) is 12.1 Å². The van der Waals surface area contributed by atoms with Gasteiger partial charge in [0, 0.05) is 23.2 Å². The summed E-state index contributed by atoms with van der Waals surface area (Å²) in [5, 5.41) is 11.8. The maximum atomic E-state index is 12.8. The van der Waals surface area contributed by atoms with Gasteiger partial charge < -0.3 is 10.4 Å². The number of aryl methyl sites for hydroxylation is 1. The molecular formula is C21H16N4O3S. The summed E-state index contributed by atoms with van der Waals surface area (Å²) in [6, 6.07) is 13.6. The average Bonchev–Trinajstić information content (AvgIpc) is 3.08. The summed E-state index contributed by atoms with van der Waals surface area (Å²) in [6.45, 7) is 1.79. The van der Waals surface area contributed by atoms with Crippen LogP contribution in [-0.2, 0) is 6.42 Å². The first-order valence-electron chi connectivity index (χ1n) is 8.82. The summed E-state index contributed by atoms with van der Waals surface area (Å²) in [5.74, 6) is -1.30. The van der Waals surface area contributed by atoms with E-state index < -0.39 is 5.97 Å². The number of para-hydroxylation sites is 2. The highest BCUT2D eigenvalue weighted by Crippen LogP contribution is 2.23. The van der Waals surface area contributed by atoms with Crippen LogP contribution in [0.1, 0.15) is 37.0 Å². The van der Waals surface area contributed by atoms with E-state index in [0.717, 1.165) is 21.6 Å². The molecule has 29 heavy (non-hydrogen) atoms. The van der Waals surface area contributed by atoms with Crippen LogP contribution in [0, 0.1) is 6.92 Å². The fraction of sp³-hybridized carbons (Fsp3) is 0.0952. The summed E-state index contributed by atoms with van der Waals surface area (Å²) < 4.78 is 4.33. The average molecular weight is 404 g/mol. The number of nitrogens with zero attached hydrogens (tertiary/aromatic N) is 3. The summed E-state index contributed by atoms with van der Waals surface area (Å²) in [4.78, 5) is 33.6. The van der Waals surface area contributed by atoms with Gasteiger partial charge in [0.15, 0.2) is 0 Å². The smallest absolute Gasteiger partial charge is 0.335 e. The highest BCUT2D eigenvalue weighted by Gasteiger charge is 2.19. The number of hydrogen-bond acceptors (Lipinski definition) is 6. The van der Waals surface area contributed by atoms with Crippen LogP contribution < -0.4 is 5.32 Å². The van der Waals surface area contributed by atoms with Crippen LogP contribution in [0.4, 0.5) is 5.69 Å². The van der Waals surface area contributed by atoms with E-state index in [-0.39, 0.29) is 11.5 Å². The molecule has 0 aliphatic heterocycles. The number of aromatic nitrogens is 3. The second-order valence-corrected chi connectivity index (χ2v) is 7.29. The minimum Gasteiger partial charge on any atom is -0.478 e. The van der Waals surface area contributed by atoms with E-state index in [1.165, 1.54) is 23.7 Å². The molecule has 0 aliphatic rings. The molecule has 0 radical (unpaired) electrons. The van der Waals surface area contributed by atoms with Gasteiger partial charge in [-0.05, 0) is 54.9 Å². The molecule has 4 rings (SSSR count). The van der Waals surface area contributed by atoms with Crippen LogP contribution in [0.25, 0.3) is 11.0 Å². The lowest BCUT2D eigenvalue weighted by atomic mass is 10.1. The maximum absolute atomic E-state index is 12.8. The SMILES string of the molecule is Cc1nsc(Cc2cnc3ccccc3n2)c1C(=O)Nc1ccc(C(=O)O)cc1. The van der Waals surface area contributed by atoms with E-state index in [1.54, 1.807) is 25.3 Å². The Morgan fingerprint density at radius 2 is 1.79 bits per heavy atom. The number of rotatable bonds is 5. The normalized spacial score (nSPS) is 10.8. The molecule has 7 nitrogen and oxygen atoms in total. The molecule has 0 bridgehead atoms. The van der Waals surface area contributed by atoms with Crippen molar-refractivity contribution in [3.05, 3.63) is 82.1 Å². The predicted molar refractivity (Wildman–Crippen MR) is 111 cm³/mol. The molecule has 0 aliphatic carbocycles. The maximum Gasteiger partial charge on any atom is 0.335 e. The van der Waals surface area contributed by atoms with E-state index in [9.17, 15) is 9.59 Å². The number of carboxylic acids is 1. The molecular weight excluding hydrogens is 388 g/mol. The lowest BCUT2D eigenvalue weighted by Gasteiger charge is -2.07. The minimum absolute atomic E-state index is 0.159. The third kappa shape index (κ3) is 3.97. The van der Waals surface area contributed by atoms with Crippen molar-refractivity contribution in [3.8, 4) is 0 Å². The van der Waals surface area contributed by atoms with Crippen LogP contribution in [0.3, 0.4) is 0 Å². The van der Waals surface area contributed by atoms with Gasteiger partial charge in [0.05, 0.1) is 33.5 Å². The van der Waals surface area contributed by atoms with Crippen molar-refractivity contribution in [1.82, 2.24) is 14.3 Å². The largest absolute Gasteiger partial charge is 0.478 e. The number of hydrogen-bond donors (Lipinski definition) is 2. The van der Waals surface area contributed by atoms with Crippen LogP contribution in [0.5, 0.6) is 0 Å². The Morgan fingerprint density at radius 1 is 1.07 bits per heavy atom. The molecule has 4 aromatic rings. The number of benzene rings is 2. The number of amides is 1. The highest BCUT2D eigenvalue weighted by molar-refractivity contribution is 7.06. The molecule has 0 fully saturated rings. The van der Waals surface area contributed by atoms with Gasteiger partial charge in [-0.25, -0.2) is 9.78 Å². The van der Waals surface area contributed by atoms with E-state index in [0.29, 0.717) is 23.4 Å². The number of carboxylic acid groups (broad SMARTS) is 1. The Kier molecular flexibility index (Phi) is 5.01. The number of fused-ring (bicyclic) bond motifs is 1. The fourth-order valence-electron chi connectivity index (χ4n) is 2.96. The Morgan fingerprint density at radius 3 is 2.52 bits per heavy atom. The van der Waals surface area contributed by atoms with Gasteiger partial charge in [-0.2, -0.15) is 4.37 Å². The van der Waals surface area contributed by atoms with Crippen molar-refractivity contribution < 1.29 is 14.7 Å². The van der Waals surface area contributed by atoms with E-state index in [1.807, 2.05) is 24.3 Å². The molecule has 1 amide bonds. The topological polar surface area (TPSA) is 105 Å². The number of carbonyl (C=O) groups is 2. The Hall–Kier alpha value is -3.65. The Bertz CT molecular complexity index is 1220. The van der Waals surface area contributed by atoms with Gasteiger partial charge in [0.2, 0.25) is 0 Å². The highest BCUT2D eigenvalue weighted by atomic mass is 32.1. The third-order valence-corrected chi connectivity index (χ3v) is 5.32. The second kappa shape index (κ2) is 7.76. The van der Waals surface area contributed by atoms with Crippen LogP contribution in [0.2, 0.25) is 0 Å². The van der Waals surface area contributed by atoms with Crippen molar-refractivity contribution in [2.24, 2.45) is 0 Å². The molecule has 2 aromatic heterocycles. The van der Waals surface area contributed by atoms with Gasteiger partial charge in [0.25, 0.3) is 5.91 Å². The number of carbonyl (C=O) groups excluding carboxylic acids is 1. The van der Waals surface area contributed by atoms with Crippen molar-refractivity contribution >= 4 is 40.1 Å². The lowest BCUT2D eigenvalue weighted by Crippen LogP contribution is -2.14. The van der Waals surface area contributed by atoms with Gasteiger partial charge in [0.1, 0.15) is 0 Å². The minimum atomic E-state index is -1.01. The molecule has 2 N–H and O–H groups in total. The first kappa shape index (κ1) is 18.7. The molecule has 0 spiro atoms. The Labute approximate surface area is 170 Å². The quantitative estimate of drug-likeness (QED) is 0.522. The lowest BCUT2D eigenvalue weighted by molar-refractivity contribution is 0.0696. The summed E-state index contributed by atoms with van der Waals surface area (Å²) >= 11 is 1.27. The van der Waals surface area contributed by atoms with Crippen molar-refractivity contribution in [3.63, 3.8) is 0 Å². The molecule has 0 unspecified atom stereocenters. The molecule has 0 saturated carbocycles. The first-order valence-corrected chi connectivity index (χ1v) is 9.59. The molecule has 0 atom stereocenters. The van der Waals surface area contributed by atoms with Crippen LogP contribution in [-0.4, -0.2) is 31.3 Å². The first-order chi connectivity index (χ1) is 14.0. The number of aromatic carboxylic acids is 1. The Balaban J connectivity index is 1.57. The zero-order valence-corrected chi connectivity index (χ0v) is 16.2. The van der Waals surface area contributed by atoms with Crippen molar-refractivity contribution in [1.29, 1.82) is 0 Å². The van der Waals surface area contributed by atoms with Crippen LogP contribution >= 0.6 is 11.5 Å². The van der Waals surface area contributed by atoms with E-state index in [4.69, 9.17) is 5.11 Å². The second-order valence-electron chi connectivity index (χ2n) is 6.43. The molecule has 0 saturated heterocycles. The van der Waals surface area contributed by atoms with E-state index in [2.05, 4.69) is 19.7 Å². The molecule has 8 heteroatoms. The molecule has 2 heterocycles. The fourth-order valence-corrected chi connectivity index (χ4v) is 3.85. The van der Waals surface area contributed by atoms with Crippen molar-refractivity contribution in [2.75, 3.05) is 5.32 Å². The molecule has 2 aromatic carbocycles.